The maximum absolute atomic E-state index is 5.49. The molecule has 0 fully saturated rings. The van der Waals surface area contributed by atoms with E-state index >= 15 is 0 Å². The summed E-state index contributed by atoms with van der Waals surface area (Å²) in [4.78, 5) is 0. The summed E-state index contributed by atoms with van der Waals surface area (Å²) in [5.74, 6) is 16.7. The van der Waals surface area contributed by atoms with Crippen molar-refractivity contribution < 1.29 is 0 Å². The van der Waals surface area contributed by atoms with E-state index in [1.807, 2.05) is 0 Å². The number of rotatable bonds is 0. The molecule has 0 amide bonds. The molecule has 0 bridgehead atoms. The maximum Gasteiger partial charge on any atom is 0.214 e. The molecule has 2 rings (SSSR count). The highest BCUT2D eigenvalue weighted by Crippen LogP contribution is 2.28. The van der Waals surface area contributed by atoms with Crippen LogP contribution < -0.4 is 27.8 Å². The summed E-state index contributed by atoms with van der Waals surface area (Å²) in [5, 5.41) is 13.7. The van der Waals surface area contributed by atoms with Crippen LogP contribution in [0.3, 0.4) is 0 Å². The van der Waals surface area contributed by atoms with Crippen molar-refractivity contribution in [1.82, 2.24) is 20.6 Å². The van der Waals surface area contributed by atoms with Gasteiger partial charge >= 0.3 is 0 Å². The molecule has 0 radical (unpaired) electrons. The molecule has 6 N–H and O–H groups in total. The molecule has 0 spiro atoms. The monoisotopic (exact) mass is 169 g/mol. The van der Waals surface area contributed by atoms with E-state index < -0.39 is 0 Å². The number of anilines is 2. The zero-order valence-corrected chi connectivity index (χ0v) is 5.99. The summed E-state index contributed by atoms with van der Waals surface area (Å²) in [6.07, 6.45) is 1.41. The predicted molar refractivity (Wildman–Crippen MR) is 39.2 cm³/mol. The quantitative estimate of drug-likeness (QED) is 0.354. The van der Waals surface area contributed by atoms with Gasteiger partial charge < -0.3 is 0 Å². The van der Waals surface area contributed by atoms with Gasteiger partial charge in [0.25, 0.3) is 0 Å². The minimum atomic E-state index is 0.356. The zero-order valence-electron chi connectivity index (χ0n) is 5.99. The van der Waals surface area contributed by atoms with Crippen molar-refractivity contribution in [2.24, 2.45) is 17.5 Å². The molecule has 1 aromatic heterocycles. The van der Waals surface area contributed by atoms with Crippen LogP contribution in [0.25, 0.3) is 0 Å². The van der Waals surface area contributed by atoms with Crippen molar-refractivity contribution in [3.8, 4) is 0 Å². The summed E-state index contributed by atoms with van der Waals surface area (Å²) >= 11 is 0. The highest BCUT2D eigenvalue weighted by molar-refractivity contribution is 5.66. The third-order valence-electron chi connectivity index (χ3n) is 1.51. The Hall–Kier alpha value is -1.55. The predicted octanol–water partition coefficient (Wildman–Crippen LogP) is -2.75. The van der Waals surface area contributed by atoms with Gasteiger partial charge in [0.05, 0.1) is 6.20 Å². The molecule has 0 aliphatic carbocycles. The van der Waals surface area contributed by atoms with E-state index in [0.717, 1.165) is 15.5 Å². The van der Waals surface area contributed by atoms with Gasteiger partial charge in [-0.3, -0.25) is 0 Å². The fourth-order valence-electron chi connectivity index (χ4n) is 0.894. The van der Waals surface area contributed by atoms with E-state index in [4.69, 9.17) is 17.5 Å². The molecule has 9 heteroatoms. The third kappa shape index (κ3) is 0.724. The lowest BCUT2D eigenvalue weighted by molar-refractivity contribution is 0.254. The molecular formula is C3H7N9. The van der Waals surface area contributed by atoms with Gasteiger partial charge in [0, 0.05) is 0 Å². The molecule has 2 heterocycles. The van der Waals surface area contributed by atoms with Crippen LogP contribution >= 0.6 is 0 Å². The summed E-state index contributed by atoms with van der Waals surface area (Å²) in [5.41, 5.74) is 0.495. The first-order valence-electron chi connectivity index (χ1n) is 3.04. The molecule has 0 saturated carbocycles. The van der Waals surface area contributed by atoms with Crippen molar-refractivity contribution in [3.05, 3.63) is 6.20 Å². The molecule has 1 aliphatic rings. The first-order valence-corrected chi connectivity index (χ1v) is 3.04. The molecule has 0 aromatic carbocycles. The van der Waals surface area contributed by atoms with Crippen molar-refractivity contribution in [3.63, 3.8) is 0 Å². The van der Waals surface area contributed by atoms with Crippen LogP contribution in [-0.2, 0) is 0 Å². The Balaban J connectivity index is 2.52. The number of hydrogen-bond acceptors (Lipinski definition) is 9. The van der Waals surface area contributed by atoms with Crippen LogP contribution in [0, 0.1) is 0 Å². The van der Waals surface area contributed by atoms with Gasteiger partial charge in [0.2, 0.25) is 5.82 Å². The number of aromatic nitrogens is 3. The van der Waals surface area contributed by atoms with E-state index in [2.05, 4.69) is 15.4 Å². The molecule has 0 saturated heterocycles. The van der Waals surface area contributed by atoms with Gasteiger partial charge in [0.1, 0.15) is 5.69 Å². The van der Waals surface area contributed by atoms with E-state index in [-0.39, 0.29) is 0 Å². The van der Waals surface area contributed by atoms with Crippen molar-refractivity contribution in [2.45, 2.75) is 0 Å². The highest BCUT2D eigenvalue weighted by atomic mass is 16.1. The van der Waals surface area contributed by atoms with Crippen molar-refractivity contribution >= 4 is 11.5 Å². The normalized spacial score (nSPS) is 16.9. The van der Waals surface area contributed by atoms with Gasteiger partial charge in [-0.2, -0.15) is 5.12 Å². The van der Waals surface area contributed by atoms with Crippen LogP contribution in [0.1, 0.15) is 0 Å². The Kier molecular flexibility index (Phi) is 1.31. The maximum atomic E-state index is 5.49. The van der Waals surface area contributed by atoms with Crippen LogP contribution in [0.5, 0.6) is 0 Å². The van der Waals surface area contributed by atoms with E-state index in [9.17, 15) is 0 Å². The number of nitrogens with two attached hydrogens (primary N) is 3. The number of fused-ring (bicyclic) bond motifs is 1. The van der Waals surface area contributed by atoms with Crippen LogP contribution in [-0.4, -0.2) is 20.6 Å². The number of hydrazine groups is 5. The van der Waals surface area contributed by atoms with Crippen LogP contribution in [0.4, 0.5) is 11.5 Å². The fraction of sp³-hybridized carbons (Fsp3) is 0. The average molecular weight is 169 g/mol. The highest BCUT2D eigenvalue weighted by Gasteiger charge is 2.30. The Labute approximate surface area is 67.2 Å². The zero-order chi connectivity index (χ0) is 8.72. The Morgan fingerprint density at radius 3 is 2.58 bits per heavy atom. The standard InChI is InChI=1S/C3H7N9/c4-10-2-1-7-9-8-3(2)11(5)12(10)6/h1H,4-6H2. The van der Waals surface area contributed by atoms with Crippen molar-refractivity contribution in [2.75, 3.05) is 10.2 Å². The summed E-state index contributed by atoms with van der Waals surface area (Å²) in [6.45, 7) is 0. The first kappa shape index (κ1) is 7.12. The van der Waals surface area contributed by atoms with Gasteiger partial charge in [-0.25, -0.2) is 22.6 Å². The largest absolute Gasteiger partial charge is 0.230 e. The molecule has 1 aromatic rings. The minimum absolute atomic E-state index is 0.356. The van der Waals surface area contributed by atoms with Gasteiger partial charge in [0.15, 0.2) is 0 Å². The number of hydrogen-bond donors (Lipinski definition) is 3. The van der Waals surface area contributed by atoms with Gasteiger partial charge in [-0.05, 0) is 10.4 Å². The number of nitrogens with zero attached hydrogens (tertiary/aromatic N) is 6. The summed E-state index contributed by atoms with van der Waals surface area (Å²) in [6, 6.07) is 0. The van der Waals surface area contributed by atoms with Crippen molar-refractivity contribution in [1.29, 1.82) is 0 Å². The van der Waals surface area contributed by atoms with Gasteiger partial charge in [-0.15, -0.1) is 10.2 Å². The summed E-state index contributed by atoms with van der Waals surface area (Å²) < 4.78 is 0. The molecule has 0 atom stereocenters. The first-order chi connectivity index (χ1) is 5.72. The van der Waals surface area contributed by atoms with Crippen LogP contribution in [0.2, 0.25) is 0 Å². The molecule has 1 aliphatic heterocycles. The van der Waals surface area contributed by atoms with Crippen LogP contribution in [0.15, 0.2) is 6.20 Å². The van der Waals surface area contributed by atoms with E-state index in [0.29, 0.717) is 11.5 Å². The second-order valence-electron chi connectivity index (χ2n) is 2.15. The topological polar surface area (TPSA) is 126 Å². The average Bonchev–Trinajstić information content (AvgIpc) is 2.33. The lowest BCUT2D eigenvalue weighted by Crippen LogP contribution is -2.59. The van der Waals surface area contributed by atoms with Gasteiger partial charge in [-0.1, -0.05) is 0 Å². The minimum Gasteiger partial charge on any atom is -0.230 e. The molecule has 0 unspecified atom stereocenters. The Bertz CT molecular complexity index is 269. The SMILES string of the molecule is NN1c2cnnnc2N(N)N1N. The second-order valence-corrected chi connectivity index (χ2v) is 2.15. The Morgan fingerprint density at radius 2 is 1.92 bits per heavy atom. The molecule has 12 heavy (non-hydrogen) atoms. The molecular weight excluding hydrogens is 162 g/mol. The second kappa shape index (κ2) is 2.22. The van der Waals surface area contributed by atoms with E-state index in [1.165, 1.54) is 6.20 Å². The Morgan fingerprint density at radius 1 is 1.17 bits per heavy atom. The smallest absolute Gasteiger partial charge is 0.214 e. The fourth-order valence-corrected chi connectivity index (χ4v) is 0.894. The lowest BCUT2D eigenvalue weighted by atomic mass is 10.5. The molecule has 9 nitrogen and oxygen atoms in total. The lowest BCUT2D eigenvalue weighted by Gasteiger charge is -2.22. The summed E-state index contributed by atoms with van der Waals surface area (Å²) in [7, 11) is 0. The van der Waals surface area contributed by atoms with E-state index in [1.54, 1.807) is 0 Å². The third-order valence-corrected chi connectivity index (χ3v) is 1.51. The molecule has 64 valence electrons.